The molecule has 0 aromatic carbocycles. The van der Waals surface area contributed by atoms with Crippen LogP contribution in [0.1, 0.15) is 45.4 Å². The molecule has 0 radical (unpaired) electrons. The third kappa shape index (κ3) is 2.23. The van der Waals surface area contributed by atoms with E-state index in [0.29, 0.717) is 6.10 Å². The van der Waals surface area contributed by atoms with E-state index in [1.54, 1.807) is 0 Å². The van der Waals surface area contributed by atoms with Gasteiger partial charge in [-0.1, -0.05) is 25.7 Å². The lowest BCUT2D eigenvalue weighted by molar-refractivity contribution is -0.116. The van der Waals surface area contributed by atoms with Gasteiger partial charge >= 0.3 is 0 Å². The van der Waals surface area contributed by atoms with Gasteiger partial charge in [0.15, 0.2) is 0 Å². The topological polar surface area (TPSA) is 21.3 Å². The van der Waals surface area contributed by atoms with E-state index in [2.05, 4.69) is 12.2 Å². The van der Waals surface area contributed by atoms with Crippen LogP contribution in [0.2, 0.25) is 0 Å². The molecular formula is C11H21NO. The smallest absolute Gasteiger partial charge is 0.0810 e. The molecule has 13 heavy (non-hydrogen) atoms. The highest BCUT2D eigenvalue weighted by Crippen LogP contribution is 2.32. The van der Waals surface area contributed by atoms with Crippen molar-refractivity contribution in [3.8, 4) is 0 Å². The van der Waals surface area contributed by atoms with Gasteiger partial charge in [-0.05, 0) is 19.8 Å². The first-order valence-corrected chi connectivity index (χ1v) is 5.69. The van der Waals surface area contributed by atoms with E-state index < -0.39 is 0 Å². The zero-order valence-electron chi connectivity index (χ0n) is 8.64. The minimum Gasteiger partial charge on any atom is -0.369 e. The molecule has 1 heterocycles. The van der Waals surface area contributed by atoms with Gasteiger partial charge in [0.25, 0.3) is 0 Å². The molecule has 76 valence electrons. The summed E-state index contributed by atoms with van der Waals surface area (Å²) in [5.41, 5.74) is 0.203. The van der Waals surface area contributed by atoms with E-state index in [4.69, 9.17) is 4.74 Å². The first-order chi connectivity index (χ1) is 6.31. The van der Waals surface area contributed by atoms with E-state index in [1.807, 2.05) is 0 Å². The molecule has 1 atom stereocenters. The maximum atomic E-state index is 6.13. The SMILES string of the molecule is CC1CNCC2(CCCCCC2)O1. The average molecular weight is 183 g/mol. The van der Waals surface area contributed by atoms with Crippen molar-refractivity contribution in [2.45, 2.75) is 57.2 Å². The van der Waals surface area contributed by atoms with Gasteiger partial charge in [0.05, 0.1) is 11.7 Å². The highest BCUT2D eigenvalue weighted by Gasteiger charge is 2.35. The summed E-state index contributed by atoms with van der Waals surface area (Å²) >= 11 is 0. The standard InChI is InChI=1S/C11H21NO/c1-10-8-12-9-11(13-10)6-4-2-3-5-7-11/h10,12H,2-9H2,1H3. The van der Waals surface area contributed by atoms with Gasteiger partial charge in [0, 0.05) is 13.1 Å². The van der Waals surface area contributed by atoms with Crippen LogP contribution in [0.15, 0.2) is 0 Å². The summed E-state index contributed by atoms with van der Waals surface area (Å²) < 4.78 is 6.13. The maximum absolute atomic E-state index is 6.13. The Morgan fingerprint density at radius 1 is 1.15 bits per heavy atom. The first kappa shape index (κ1) is 9.47. The molecule has 0 aromatic rings. The summed E-state index contributed by atoms with van der Waals surface area (Å²) in [7, 11) is 0. The van der Waals surface area contributed by atoms with Crippen LogP contribution in [-0.2, 0) is 4.74 Å². The summed E-state index contributed by atoms with van der Waals surface area (Å²) in [4.78, 5) is 0. The van der Waals surface area contributed by atoms with Crippen molar-refractivity contribution < 1.29 is 4.74 Å². The Hall–Kier alpha value is -0.0800. The lowest BCUT2D eigenvalue weighted by Gasteiger charge is -2.40. The van der Waals surface area contributed by atoms with Crippen LogP contribution in [-0.4, -0.2) is 24.8 Å². The van der Waals surface area contributed by atoms with Crippen molar-refractivity contribution in [2.24, 2.45) is 0 Å². The lowest BCUT2D eigenvalue weighted by atomic mass is 9.92. The largest absolute Gasteiger partial charge is 0.369 e. The normalized spacial score (nSPS) is 34.4. The number of morpholine rings is 1. The Morgan fingerprint density at radius 2 is 1.85 bits per heavy atom. The molecular weight excluding hydrogens is 162 g/mol. The van der Waals surface area contributed by atoms with Crippen molar-refractivity contribution in [2.75, 3.05) is 13.1 Å². The van der Waals surface area contributed by atoms with Crippen molar-refractivity contribution >= 4 is 0 Å². The quantitative estimate of drug-likeness (QED) is 0.621. The molecule has 1 aliphatic carbocycles. The Morgan fingerprint density at radius 3 is 2.46 bits per heavy atom. The van der Waals surface area contributed by atoms with Crippen LogP contribution < -0.4 is 5.32 Å². The third-order valence-corrected chi connectivity index (χ3v) is 3.34. The fourth-order valence-corrected chi connectivity index (χ4v) is 2.68. The van der Waals surface area contributed by atoms with E-state index in [0.717, 1.165) is 13.1 Å². The molecule has 1 aliphatic heterocycles. The monoisotopic (exact) mass is 183 g/mol. The van der Waals surface area contributed by atoms with Crippen LogP contribution in [0.4, 0.5) is 0 Å². The fraction of sp³-hybridized carbons (Fsp3) is 1.00. The molecule has 1 spiro atoms. The number of nitrogens with one attached hydrogen (secondary N) is 1. The highest BCUT2D eigenvalue weighted by atomic mass is 16.5. The summed E-state index contributed by atoms with van der Waals surface area (Å²) in [5, 5.41) is 3.50. The summed E-state index contributed by atoms with van der Waals surface area (Å²) in [6.07, 6.45) is 8.46. The van der Waals surface area contributed by atoms with E-state index in [-0.39, 0.29) is 5.60 Å². The molecule has 2 fully saturated rings. The van der Waals surface area contributed by atoms with Gasteiger partial charge < -0.3 is 10.1 Å². The second-order valence-electron chi connectivity index (χ2n) is 4.66. The van der Waals surface area contributed by atoms with Crippen LogP contribution in [0.3, 0.4) is 0 Å². The van der Waals surface area contributed by atoms with Crippen molar-refractivity contribution in [1.82, 2.24) is 5.32 Å². The second kappa shape index (κ2) is 3.97. The van der Waals surface area contributed by atoms with Gasteiger partial charge in [-0.25, -0.2) is 0 Å². The zero-order chi connectivity index (χ0) is 9.15. The minimum atomic E-state index is 0.203. The number of hydrogen-bond donors (Lipinski definition) is 1. The number of rotatable bonds is 0. The molecule has 2 heteroatoms. The van der Waals surface area contributed by atoms with Crippen LogP contribution >= 0.6 is 0 Å². The van der Waals surface area contributed by atoms with E-state index >= 15 is 0 Å². The molecule has 2 rings (SSSR count). The molecule has 0 amide bonds. The van der Waals surface area contributed by atoms with Gasteiger partial charge in [-0.3, -0.25) is 0 Å². The summed E-state index contributed by atoms with van der Waals surface area (Å²) in [5.74, 6) is 0. The number of hydrogen-bond acceptors (Lipinski definition) is 2. The summed E-state index contributed by atoms with van der Waals surface area (Å²) in [6.45, 7) is 4.29. The first-order valence-electron chi connectivity index (χ1n) is 5.69. The van der Waals surface area contributed by atoms with Crippen molar-refractivity contribution in [3.63, 3.8) is 0 Å². The molecule has 2 nitrogen and oxygen atoms in total. The van der Waals surface area contributed by atoms with Crippen LogP contribution in [0.5, 0.6) is 0 Å². The second-order valence-corrected chi connectivity index (χ2v) is 4.66. The summed E-state index contributed by atoms with van der Waals surface area (Å²) in [6, 6.07) is 0. The van der Waals surface area contributed by atoms with Crippen molar-refractivity contribution in [3.05, 3.63) is 0 Å². The molecule has 1 N–H and O–H groups in total. The predicted octanol–water partition coefficient (Wildman–Crippen LogP) is 2.09. The molecule has 1 unspecified atom stereocenters. The average Bonchev–Trinajstić information content (AvgIpc) is 2.31. The van der Waals surface area contributed by atoms with Crippen LogP contribution in [0, 0.1) is 0 Å². The molecule has 0 aromatic heterocycles. The van der Waals surface area contributed by atoms with Crippen LogP contribution in [0.25, 0.3) is 0 Å². The van der Waals surface area contributed by atoms with E-state index in [1.165, 1.54) is 38.5 Å². The third-order valence-electron chi connectivity index (χ3n) is 3.34. The fourth-order valence-electron chi connectivity index (χ4n) is 2.68. The molecule has 1 saturated heterocycles. The zero-order valence-corrected chi connectivity index (χ0v) is 8.64. The number of ether oxygens (including phenoxy) is 1. The highest BCUT2D eigenvalue weighted by molar-refractivity contribution is 4.89. The molecule has 2 aliphatic rings. The molecule has 1 saturated carbocycles. The van der Waals surface area contributed by atoms with Gasteiger partial charge in [-0.15, -0.1) is 0 Å². The Kier molecular flexibility index (Phi) is 2.89. The molecule has 0 bridgehead atoms. The van der Waals surface area contributed by atoms with Gasteiger partial charge in [0.1, 0.15) is 0 Å². The van der Waals surface area contributed by atoms with Crippen molar-refractivity contribution in [1.29, 1.82) is 0 Å². The van der Waals surface area contributed by atoms with Gasteiger partial charge in [-0.2, -0.15) is 0 Å². The Labute approximate surface area is 81.0 Å². The van der Waals surface area contributed by atoms with E-state index in [9.17, 15) is 0 Å². The lowest BCUT2D eigenvalue weighted by Crippen LogP contribution is -2.52. The predicted molar refractivity (Wildman–Crippen MR) is 53.8 cm³/mol. The minimum absolute atomic E-state index is 0.203. The maximum Gasteiger partial charge on any atom is 0.0810 e. The van der Waals surface area contributed by atoms with Gasteiger partial charge in [0.2, 0.25) is 0 Å². The Bertz CT molecular complexity index is 161. The Balaban J connectivity index is 1.99.